The van der Waals surface area contributed by atoms with E-state index in [1.54, 1.807) is 23.2 Å². The Morgan fingerprint density at radius 1 is 1.47 bits per heavy atom. The van der Waals surface area contributed by atoms with Crippen LogP contribution in [0.15, 0.2) is 17.6 Å². The van der Waals surface area contributed by atoms with Gasteiger partial charge < -0.3 is 4.57 Å². The third-order valence-electron chi connectivity index (χ3n) is 2.32. The van der Waals surface area contributed by atoms with Gasteiger partial charge in [0.25, 0.3) is 9.05 Å². The molecule has 0 N–H and O–H groups in total. The number of hydrogen-bond acceptors (Lipinski definition) is 5. The monoisotopic (exact) mass is 275 g/mol. The highest BCUT2D eigenvalue weighted by atomic mass is 35.7. The van der Waals surface area contributed by atoms with E-state index in [1.165, 1.54) is 12.5 Å². The first kappa shape index (κ1) is 12.1. The first-order chi connectivity index (χ1) is 7.88. The predicted octanol–water partition coefficient (Wildman–Crippen LogP) is 0.296. The minimum absolute atomic E-state index is 0.154. The summed E-state index contributed by atoms with van der Waals surface area (Å²) >= 11 is 0. The Labute approximate surface area is 102 Å². The van der Waals surface area contributed by atoms with Gasteiger partial charge >= 0.3 is 0 Å². The Morgan fingerprint density at radius 2 is 2.18 bits per heavy atom. The third kappa shape index (κ3) is 2.47. The van der Waals surface area contributed by atoms with E-state index in [1.807, 2.05) is 0 Å². The van der Waals surface area contributed by atoms with Crippen molar-refractivity contribution < 1.29 is 8.42 Å². The Balaban J connectivity index is 2.35. The summed E-state index contributed by atoms with van der Waals surface area (Å²) in [6.07, 6.45) is 2.81. The van der Waals surface area contributed by atoms with Crippen LogP contribution in [0.3, 0.4) is 0 Å². The molecule has 0 aliphatic carbocycles. The zero-order valence-electron chi connectivity index (χ0n) is 9.20. The van der Waals surface area contributed by atoms with E-state index >= 15 is 0 Å². The summed E-state index contributed by atoms with van der Waals surface area (Å²) in [6, 6.07) is 0. The lowest BCUT2D eigenvalue weighted by Gasteiger charge is -2.02. The van der Waals surface area contributed by atoms with E-state index in [9.17, 15) is 8.42 Å². The molecule has 0 atom stereocenters. The molecule has 2 aromatic heterocycles. The number of aromatic nitrogens is 5. The molecule has 2 heterocycles. The average Bonchev–Trinajstić information content (AvgIpc) is 2.75. The van der Waals surface area contributed by atoms with Crippen LogP contribution in [-0.4, -0.2) is 32.7 Å². The molecule has 0 aromatic carbocycles. The molecule has 0 unspecified atom stereocenters. The number of hydrogen-bond donors (Lipinski definition) is 0. The highest BCUT2D eigenvalue weighted by Crippen LogP contribution is 2.14. The van der Waals surface area contributed by atoms with Crippen molar-refractivity contribution >= 4 is 19.7 Å². The lowest BCUT2D eigenvalue weighted by molar-refractivity contribution is 0.606. The smallest absolute Gasteiger partial charge is 0.280 e. The van der Waals surface area contributed by atoms with Crippen LogP contribution in [0.4, 0.5) is 0 Å². The van der Waals surface area contributed by atoms with Crippen molar-refractivity contribution in [3.63, 3.8) is 0 Å². The van der Waals surface area contributed by atoms with Crippen LogP contribution in [0.25, 0.3) is 0 Å². The zero-order chi connectivity index (χ0) is 12.6. The van der Waals surface area contributed by atoms with Gasteiger partial charge in [0.05, 0.1) is 6.54 Å². The van der Waals surface area contributed by atoms with Gasteiger partial charge in [0, 0.05) is 23.9 Å². The minimum atomic E-state index is -3.80. The normalized spacial score (nSPS) is 11.9. The Bertz CT molecular complexity index is 645. The molecular weight excluding hydrogens is 266 g/mol. The van der Waals surface area contributed by atoms with Gasteiger partial charge in [-0.25, -0.2) is 18.4 Å². The summed E-state index contributed by atoms with van der Waals surface area (Å²) in [6.45, 7) is 2.09. The van der Waals surface area contributed by atoms with Crippen LogP contribution in [0, 0.1) is 6.92 Å². The quantitative estimate of drug-likeness (QED) is 0.752. The minimum Gasteiger partial charge on any atom is -0.326 e. The Hall–Kier alpha value is -1.41. The number of rotatable bonds is 3. The summed E-state index contributed by atoms with van der Waals surface area (Å²) < 4.78 is 25.5. The van der Waals surface area contributed by atoms with E-state index in [4.69, 9.17) is 10.7 Å². The maximum atomic E-state index is 11.1. The molecule has 9 heteroatoms. The van der Waals surface area contributed by atoms with Crippen molar-refractivity contribution in [2.45, 2.75) is 18.5 Å². The van der Waals surface area contributed by atoms with E-state index in [0.29, 0.717) is 18.2 Å². The van der Waals surface area contributed by atoms with Gasteiger partial charge in [-0.05, 0) is 6.92 Å². The fourth-order valence-corrected chi connectivity index (χ4v) is 2.09. The van der Waals surface area contributed by atoms with Crippen LogP contribution < -0.4 is 0 Å². The van der Waals surface area contributed by atoms with Crippen LogP contribution in [-0.2, 0) is 22.6 Å². The van der Waals surface area contributed by atoms with Gasteiger partial charge in [0.1, 0.15) is 18.0 Å². The molecule has 2 rings (SSSR count). The summed E-state index contributed by atoms with van der Waals surface area (Å²) in [4.78, 5) is 7.92. The summed E-state index contributed by atoms with van der Waals surface area (Å²) in [5.74, 6) is 1.25. The molecular formula is C8H10ClN5O2S. The van der Waals surface area contributed by atoms with Crippen LogP contribution in [0.2, 0.25) is 0 Å². The SMILES string of the molecule is Cc1nc(S(=O)(=O)Cl)cn1Cc1ncnn1C. The van der Waals surface area contributed by atoms with E-state index in [0.717, 1.165) is 0 Å². The highest BCUT2D eigenvalue weighted by molar-refractivity contribution is 8.13. The molecule has 17 heavy (non-hydrogen) atoms. The van der Waals surface area contributed by atoms with Crippen LogP contribution in [0.5, 0.6) is 0 Å². The van der Waals surface area contributed by atoms with Gasteiger partial charge in [-0.2, -0.15) is 5.10 Å². The largest absolute Gasteiger partial charge is 0.326 e. The van der Waals surface area contributed by atoms with Gasteiger partial charge in [0.15, 0.2) is 5.03 Å². The molecule has 0 amide bonds. The Morgan fingerprint density at radius 3 is 2.65 bits per heavy atom. The number of imidazole rings is 1. The molecule has 0 aliphatic rings. The van der Waals surface area contributed by atoms with Crippen LogP contribution in [0.1, 0.15) is 11.6 Å². The van der Waals surface area contributed by atoms with E-state index in [2.05, 4.69) is 15.1 Å². The molecule has 7 nitrogen and oxygen atoms in total. The van der Waals surface area contributed by atoms with Crippen molar-refractivity contribution in [3.8, 4) is 0 Å². The standard InChI is InChI=1S/C8H10ClN5O2S/c1-6-12-8(17(9,15)16)4-14(6)3-7-10-5-11-13(7)2/h4-5H,3H2,1-2H3. The Kier molecular flexibility index (Phi) is 2.92. The second kappa shape index (κ2) is 4.11. The molecule has 0 aliphatic heterocycles. The average molecular weight is 276 g/mol. The maximum absolute atomic E-state index is 11.1. The van der Waals surface area contributed by atoms with Crippen molar-refractivity contribution in [3.05, 3.63) is 24.2 Å². The lowest BCUT2D eigenvalue weighted by Crippen LogP contribution is -2.07. The summed E-state index contributed by atoms with van der Waals surface area (Å²) in [5, 5.41) is 3.77. The van der Waals surface area contributed by atoms with Crippen molar-refractivity contribution in [1.29, 1.82) is 0 Å². The van der Waals surface area contributed by atoms with Gasteiger partial charge in [-0.1, -0.05) is 0 Å². The number of nitrogens with zero attached hydrogens (tertiary/aromatic N) is 5. The highest BCUT2D eigenvalue weighted by Gasteiger charge is 2.16. The zero-order valence-corrected chi connectivity index (χ0v) is 10.8. The van der Waals surface area contributed by atoms with E-state index in [-0.39, 0.29) is 5.03 Å². The van der Waals surface area contributed by atoms with Gasteiger partial charge in [-0.3, -0.25) is 4.68 Å². The predicted molar refractivity (Wildman–Crippen MR) is 60.1 cm³/mol. The van der Waals surface area contributed by atoms with Gasteiger partial charge in [-0.15, -0.1) is 0 Å². The first-order valence-electron chi connectivity index (χ1n) is 4.69. The molecule has 92 valence electrons. The molecule has 0 radical (unpaired) electrons. The van der Waals surface area contributed by atoms with Crippen LogP contribution >= 0.6 is 10.7 Å². The van der Waals surface area contributed by atoms with Gasteiger partial charge in [0.2, 0.25) is 0 Å². The maximum Gasteiger partial charge on any atom is 0.280 e. The molecule has 2 aromatic rings. The number of halogens is 1. The first-order valence-corrected chi connectivity index (χ1v) is 7.00. The van der Waals surface area contributed by atoms with Crippen molar-refractivity contribution in [2.24, 2.45) is 7.05 Å². The second-order valence-corrected chi connectivity index (χ2v) is 6.00. The molecule has 0 spiro atoms. The fourth-order valence-electron chi connectivity index (χ4n) is 1.37. The lowest BCUT2D eigenvalue weighted by atomic mass is 10.5. The fraction of sp³-hybridized carbons (Fsp3) is 0.375. The molecule has 0 saturated heterocycles. The van der Waals surface area contributed by atoms with Crippen molar-refractivity contribution in [1.82, 2.24) is 24.3 Å². The number of aryl methyl sites for hydroxylation is 2. The second-order valence-electron chi connectivity index (χ2n) is 3.49. The summed E-state index contributed by atoms with van der Waals surface area (Å²) in [5.41, 5.74) is 0. The molecule has 0 bridgehead atoms. The van der Waals surface area contributed by atoms with E-state index < -0.39 is 9.05 Å². The topological polar surface area (TPSA) is 82.7 Å². The van der Waals surface area contributed by atoms with Crippen molar-refractivity contribution in [2.75, 3.05) is 0 Å². The summed E-state index contributed by atoms with van der Waals surface area (Å²) in [7, 11) is 3.18. The molecule has 0 fully saturated rings. The molecule has 0 saturated carbocycles. The third-order valence-corrected chi connectivity index (χ3v) is 3.49.